The lowest BCUT2D eigenvalue weighted by atomic mass is 10.1. The summed E-state index contributed by atoms with van der Waals surface area (Å²) in [5.41, 5.74) is 0. The molecule has 0 amide bonds. The van der Waals surface area contributed by atoms with Crippen LogP contribution in [0.25, 0.3) is 0 Å². The molecular formula is C9H12N2O2S2. The molecule has 0 radical (unpaired) electrons. The van der Waals surface area contributed by atoms with Crippen molar-refractivity contribution in [2.75, 3.05) is 11.5 Å². The molecule has 0 bridgehead atoms. The molecule has 2 atom stereocenters. The highest BCUT2D eigenvalue weighted by atomic mass is 32.2. The molecule has 0 spiro atoms. The van der Waals surface area contributed by atoms with Crippen LogP contribution < -0.4 is 0 Å². The van der Waals surface area contributed by atoms with Gasteiger partial charge in [-0.1, -0.05) is 0 Å². The Kier molecular flexibility index (Phi) is 4.61. The summed E-state index contributed by atoms with van der Waals surface area (Å²) >= 11 is 3.41. The summed E-state index contributed by atoms with van der Waals surface area (Å²) in [6.45, 7) is 3.71. The van der Waals surface area contributed by atoms with E-state index in [1.165, 1.54) is 0 Å². The first-order valence-electron chi connectivity index (χ1n) is 4.59. The lowest BCUT2D eigenvalue weighted by Crippen LogP contribution is -2.40. The fourth-order valence-corrected chi connectivity index (χ4v) is 4.93. The molecule has 0 aromatic carbocycles. The predicted molar refractivity (Wildman–Crippen MR) is 62.8 cm³/mol. The molecular weight excluding hydrogens is 232 g/mol. The summed E-state index contributed by atoms with van der Waals surface area (Å²) in [7, 11) is 0. The van der Waals surface area contributed by atoms with E-state index in [-0.39, 0.29) is 16.2 Å². The minimum Gasteiger partial charge on any atom is -0.211 e. The Morgan fingerprint density at radius 2 is 1.47 bits per heavy atom. The van der Waals surface area contributed by atoms with E-state index in [1.54, 1.807) is 35.7 Å². The van der Waals surface area contributed by atoms with Gasteiger partial charge in [0.25, 0.3) is 0 Å². The fourth-order valence-electron chi connectivity index (χ4n) is 1.61. The smallest absolute Gasteiger partial charge is 0.211 e. The summed E-state index contributed by atoms with van der Waals surface area (Å²) in [6.07, 6.45) is 3.15. The SMILES string of the molecule is CC(N=C=O)C1(C(C)N=C=O)SCCS1. The Balaban J connectivity index is 2.96. The second-order valence-corrected chi connectivity index (χ2v) is 6.21. The Morgan fingerprint density at radius 1 is 1.07 bits per heavy atom. The largest absolute Gasteiger partial charge is 0.235 e. The quantitative estimate of drug-likeness (QED) is 0.557. The number of isocyanates is 2. The van der Waals surface area contributed by atoms with E-state index in [4.69, 9.17) is 0 Å². The summed E-state index contributed by atoms with van der Waals surface area (Å²) in [4.78, 5) is 28.0. The van der Waals surface area contributed by atoms with Gasteiger partial charge in [0, 0.05) is 11.5 Å². The molecule has 15 heavy (non-hydrogen) atoms. The molecule has 0 aliphatic carbocycles. The molecule has 0 N–H and O–H groups in total. The normalized spacial score (nSPS) is 22.3. The van der Waals surface area contributed by atoms with E-state index in [0.717, 1.165) is 11.5 Å². The van der Waals surface area contributed by atoms with Gasteiger partial charge in [0.1, 0.15) is 4.08 Å². The zero-order valence-corrected chi connectivity index (χ0v) is 10.2. The van der Waals surface area contributed by atoms with Gasteiger partial charge in [-0.15, -0.1) is 23.5 Å². The highest BCUT2D eigenvalue weighted by Crippen LogP contribution is 2.50. The van der Waals surface area contributed by atoms with Crippen molar-refractivity contribution in [3.8, 4) is 0 Å². The van der Waals surface area contributed by atoms with Crippen LogP contribution in [0.4, 0.5) is 0 Å². The summed E-state index contributed by atoms with van der Waals surface area (Å²) in [6, 6.07) is -0.390. The van der Waals surface area contributed by atoms with Crippen molar-refractivity contribution in [3.63, 3.8) is 0 Å². The molecule has 2 unspecified atom stereocenters. The third kappa shape index (κ3) is 2.52. The van der Waals surface area contributed by atoms with Crippen LogP contribution in [0.1, 0.15) is 13.8 Å². The monoisotopic (exact) mass is 244 g/mol. The molecule has 1 aliphatic heterocycles. The third-order valence-electron chi connectivity index (χ3n) is 2.40. The van der Waals surface area contributed by atoms with Crippen LogP contribution in [0.2, 0.25) is 0 Å². The molecule has 82 valence electrons. The maximum Gasteiger partial charge on any atom is 0.235 e. The van der Waals surface area contributed by atoms with Crippen LogP contribution in [-0.4, -0.2) is 39.8 Å². The van der Waals surface area contributed by atoms with Gasteiger partial charge in [-0.05, 0) is 13.8 Å². The predicted octanol–water partition coefficient (Wildman–Crippen LogP) is 1.61. The minimum atomic E-state index is -0.311. The van der Waals surface area contributed by atoms with E-state index in [2.05, 4.69) is 9.98 Å². The minimum absolute atomic E-state index is 0.195. The number of aliphatic imine (C=N–C) groups is 2. The van der Waals surface area contributed by atoms with E-state index in [0.29, 0.717) is 0 Å². The van der Waals surface area contributed by atoms with Crippen molar-refractivity contribution < 1.29 is 9.59 Å². The second kappa shape index (κ2) is 5.52. The van der Waals surface area contributed by atoms with Crippen molar-refractivity contribution in [3.05, 3.63) is 0 Å². The highest BCUT2D eigenvalue weighted by Gasteiger charge is 2.46. The number of nitrogens with zero attached hydrogens (tertiary/aromatic N) is 2. The fraction of sp³-hybridized carbons (Fsp3) is 0.778. The number of thioether (sulfide) groups is 2. The van der Waals surface area contributed by atoms with Crippen LogP contribution in [0.5, 0.6) is 0 Å². The Morgan fingerprint density at radius 3 is 1.80 bits per heavy atom. The average molecular weight is 244 g/mol. The number of rotatable bonds is 4. The van der Waals surface area contributed by atoms with Gasteiger partial charge in [-0.3, -0.25) is 0 Å². The van der Waals surface area contributed by atoms with Gasteiger partial charge in [-0.25, -0.2) is 19.6 Å². The zero-order valence-electron chi connectivity index (χ0n) is 8.60. The third-order valence-corrected chi connectivity index (χ3v) is 6.44. The van der Waals surface area contributed by atoms with E-state index in [9.17, 15) is 9.59 Å². The topological polar surface area (TPSA) is 58.9 Å². The molecule has 0 saturated carbocycles. The van der Waals surface area contributed by atoms with Gasteiger partial charge >= 0.3 is 0 Å². The van der Waals surface area contributed by atoms with E-state index >= 15 is 0 Å². The number of hydrogen-bond donors (Lipinski definition) is 0. The second-order valence-electron chi connectivity index (χ2n) is 3.21. The van der Waals surface area contributed by atoms with E-state index < -0.39 is 0 Å². The average Bonchev–Trinajstić information content (AvgIpc) is 2.68. The van der Waals surface area contributed by atoms with Crippen molar-refractivity contribution in [2.45, 2.75) is 30.0 Å². The van der Waals surface area contributed by atoms with Gasteiger partial charge in [0.05, 0.1) is 12.1 Å². The summed E-state index contributed by atoms with van der Waals surface area (Å²) < 4.78 is -0.311. The van der Waals surface area contributed by atoms with Crippen molar-refractivity contribution in [2.24, 2.45) is 9.98 Å². The highest BCUT2D eigenvalue weighted by molar-refractivity contribution is 8.21. The van der Waals surface area contributed by atoms with Gasteiger partial charge in [0.15, 0.2) is 0 Å². The van der Waals surface area contributed by atoms with Crippen molar-refractivity contribution in [1.29, 1.82) is 0 Å². The van der Waals surface area contributed by atoms with Crippen LogP contribution in [-0.2, 0) is 9.59 Å². The standard InChI is InChI=1S/C9H12N2O2S2/c1-7(10-5-12)9(8(2)11-6-13)14-3-4-15-9/h7-8H,3-4H2,1-2H3. The lowest BCUT2D eigenvalue weighted by Gasteiger charge is -2.33. The molecule has 0 aromatic heterocycles. The molecule has 1 rings (SSSR count). The first-order chi connectivity index (χ1) is 7.17. The number of carbonyl (C=O) groups excluding carboxylic acids is 2. The Labute approximate surface area is 97.0 Å². The molecule has 1 aliphatic rings. The molecule has 1 heterocycles. The van der Waals surface area contributed by atoms with Crippen LogP contribution >= 0.6 is 23.5 Å². The first kappa shape index (κ1) is 12.5. The Hall–Kier alpha value is -0.540. The van der Waals surface area contributed by atoms with E-state index in [1.807, 2.05) is 13.8 Å². The molecule has 1 saturated heterocycles. The van der Waals surface area contributed by atoms with Crippen LogP contribution in [0.15, 0.2) is 9.98 Å². The van der Waals surface area contributed by atoms with Crippen molar-refractivity contribution in [1.82, 2.24) is 0 Å². The van der Waals surface area contributed by atoms with Crippen molar-refractivity contribution >= 4 is 35.7 Å². The molecule has 6 heteroatoms. The Bertz CT molecular complexity index is 290. The first-order valence-corrected chi connectivity index (χ1v) is 6.56. The maximum absolute atomic E-state index is 10.3. The van der Waals surface area contributed by atoms with Crippen LogP contribution in [0, 0.1) is 0 Å². The lowest BCUT2D eigenvalue weighted by molar-refractivity contribution is 0.528. The summed E-state index contributed by atoms with van der Waals surface area (Å²) in [5.74, 6) is 1.98. The number of hydrogen-bond acceptors (Lipinski definition) is 6. The van der Waals surface area contributed by atoms with Gasteiger partial charge in [0.2, 0.25) is 12.2 Å². The van der Waals surface area contributed by atoms with Crippen LogP contribution in [0.3, 0.4) is 0 Å². The molecule has 0 aromatic rings. The maximum atomic E-state index is 10.3. The van der Waals surface area contributed by atoms with Gasteiger partial charge < -0.3 is 0 Å². The van der Waals surface area contributed by atoms with Gasteiger partial charge in [-0.2, -0.15) is 0 Å². The molecule has 1 fully saturated rings. The zero-order chi connectivity index (χ0) is 11.3. The molecule has 4 nitrogen and oxygen atoms in total. The summed E-state index contributed by atoms with van der Waals surface area (Å²) in [5, 5.41) is 0.